The van der Waals surface area contributed by atoms with E-state index < -0.39 is 0 Å². The number of anilines is 1. The number of amides is 1. The minimum absolute atomic E-state index is 0.0611. The van der Waals surface area contributed by atoms with Gasteiger partial charge in [0.2, 0.25) is 11.0 Å². The molecule has 0 unspecified atom stereocenters. The van der Waals surface area contributed by atoms with Crippen molar-refractivity contribution < 1.29 is 14.3 Å². The predicted octanol–water partition coefficient (Wildman–Crippen LogP) is 5.67. The number of carbonyl (C=O) groups is 2. The quantitative estimate of drug-likeness (QED) is 0.551. The smallest absolute Gasteiger partial charge is 0.230 e. The fourth-order valence-electron chi connectivity index (χ4n) is 4.07. The topological polar surface area (TPSA) is 55.4 Å². The number of methoxy groups -OCH3 is 1. The van der Waals surface area contributed by atoms with Gasteiger partial charge in [0.1, 0.15) is 6.61 Å². The van der Waals surface area contributed by atoms with Gasteiger partial charge in [-0.2, -0.15) is 0 Å². The zero-order valence-electron chi connectivity index (χ0n) is 16.9. The molecule has 4 nitrogen and oxygen atoms in total. The molecule has 1 N–H and O–H groups in total. The number of ether oxygens (including phenoxy) is 1. The largest absolute Gasteiger partial charge is 0.376 e. The Morgan fingerprint density at radius 2 is 1.81 bits per heavy atom. The summed E-state index contributed by atoms with van der Waals surface area (Å²) >= 11 is 1.13. The highest BCUT2D eigenvalue weighted by molar-refractivity contribution is 8.13. The highest BCUT2D eigenvalue weighted by Gasteiger charge is 2.40. The second kappa shape index (κ2) is 10.9. The van der Waals surface area contributed by atoms with Crippen LogP contribution >= 0.6 is 11.8 Å². The third-order valence-electron chi connectivity index (χ3n) is 5.75. The molecule has 5 heteroatoms. The number of carbonyl (C=O) groups excluding carboxylic acids is 2. The Morgan fingerprint density at radius 1 is 1.15 bits per heavy atom. The Labute approximate surface area is 167 Å². The lowest BCUT2D eigenvalue weighted by molar-refractivity contribution is -0.128. The summed E-state index contributed by atoms with van der Waals surface area (Å²) in [6, 6.07) is 7.55. The molecule has 1 amide bonds. The van der Waals surface area contributed by atoms with Crippen molar-refractivity contribution in [1.29, 1.82) is 0 Å². The number of hydrogen-bond donors (Lipinski definition) is 1. The number of para-hydroxylation sites is 1. The van der Waals surface area contributed by atoms with Crippen molar-refractivity contribution in [3.63, 3.8) is 0 Å². The summed E-state index contributed by atoms with van der Waals surface area (Å²) in [5, 5.41) is 3.10. The van der Waals surface area contributed by atoms with Crippen LogP contribution < -0.4 is 5.32 Å². The van der Waals surface area contributed by atoms with Crippen molar-refractivity contribution in [2.75, 3.05) is 19.0 Å². The van der Waals surface area contributed by atoms with E-state index in [-0.39, 0.29) is 23.0 Å². The van der Waals surface area contributed by atoms with E-state index in [4.69, 9.17) is 4.74 Å². The summed E-state index contributed by atoms with van der Waals surface area (Å²) < 4.78 is 4.92. The molecule has 0 aromatic heterocycles. The number of hydrogen-bond acceptors (Lipinski definition) is 4. The van der Waals surface area contributed by atoms with Gasteiger partial charge >= 0.3 is 0 Å². The number of rotatable bonds is 9. The molecule has 1 fully saturated rings. The van der Waals surface area contributed by atoms with Gasteiger partial charge in [-0.15, -0.1) is 0 Å². The van der Waals surface area contributed by atoms with Crippen LogP contribution in [-0.4, -0.2) is 24.7 Å². The van der Waals surface area contributed by atoms with E-state index in [1.165, 1.54) is 13.5 Å². The summed E-state index contributed by atoms with van der Waals surface area (Å²) in [5.41, 5.74) is 0.454. The molecule has 1 aliphatic carbocycles. The van der Waals surface area contributed by atoms with Gasteiger partial charge in [0.05, 0.1) is 5.69 Å². The average molecular weight is 392 g/mol. The number of nitrogens with one attached hydrogen (secondary N) is 1. The lowest BCUT2D eigenvalue weighted by Gasteiger charge is -2.38. The van der Waals surface area contributed by atoms with Crippen LogP contribution in [0.2, 0.25) is 0 Å². The van der Waals surface area contributed by atoms with Crippen molar-refractivity contribution in [3.05, 3.63) is 24.3 Å². The van der Waals surface area contributed by atoms with E-state index in [2.05, 4.69) is 19.2 Å². The first-order valence-electron chi connectivity index (χ1n) is 10.1. The Hall–Kier alpha value is -1.33. The van der Waals surface area contributed by atoms with Crippen LogP contribution in [0.4, 0.5) is 5.69 Å². The van der Waals surface area contributed by atoms with Crippen molar-refractivity contribution in [1.82, 2.24) is 0 Å². The van der Waals surface area contributed by atoms with Gasteiger partial charge in [-0.05, 0) is 49.1 Å². The highest BCUT2D eigenvalue weighted by Crippen LogP contribution is 2.44. The van der Waals surface area contributed by atoms with E-state index in [9.17, 15) is 9.59 Å². The molecule has 27 heavy (non-hydrogen) atoms. The van der Waals surface area contributed by atoms with E-state index in [1.807, 2.05) is 24.3 Å². The second-order valence-corrected chi connectivity index (χ2v) is 8.68. The maximum atomic E-state index is 13.4. The standard InChI is InChI=1S/C22H33NO3S/c1-4-17(5-2)15-22(13-9-6-10-14-22)21(25)23-18-11-7-8-12-19(18)27-20(24)16-26-3/h7-8,11-12,17H,4-6,9-10,13-16H2,1-3H3,(H,23,25). The minimum atomic E-state index is -0.275. The van der Waals surface area contributed by atoms with Crippen LogP contribution in [-0.2, 0) is 14.3 Å². The Kier molecular flexibility index (Phi) is 8.84. The molecule has 0 atom stereocenters. The maximum absolute atomic E-state index is 13.4. The van der Waals surface area contributed by atoms with Gasteiger partial charge in [0, 0.05) is 17.4 Å². The number of thioether (sulfide) groups is 1. The first-order valence-corrected chi connectivity index (χ1v) is 11.0. The zero-order chi connectivity index (χ0) is 19.7. The van der Waals surface area contributed by atoms with E-state index in [0.29, 0.717) is 5.92 Å². The van der Waals surface area contributed by atoms with Gasteiger partial charge in [-0.1, -0.05) is 58.1 Å². The Balaban J connectivity index is 2.18. The normalized spacial score (nSPS) is 16.3. The second-order valence-electron chi connectivity index (χ2n) is 7.59. The van der Waals surface area contributed by atoms with Crippen LogP contribution in [0.15, 0.2) is 29.2 Å². The van der Waals surface area contributed by atoms with Crippen LogP contribution in [0.1, 0.15) is 65.2 Å². The molecule has 150 valence electrons. The van der Waals surface area contributed by atoms with Gasteiger partial charge in [0.15, 0.2) is 0 Å². The fourth-order valence-corrected chi connectivity index (χ4v) is 4.86. The van der Waals surface area contributed by atoms with Gasteiger partial charge < -0.3 is 10.1 Å². The van der Waals surface area contributed by atoms with Crippen molar-refractivity contribution in [2.45, 2.75) is 70.1 Å². The third-order valence-corrected chi connectivity index (χ3v) is 6.67. The first-order chi connectivity index (χ1) is 13.0. The molecule has 1 saturated carbocycles. The Morgan fingerprint density at radius 3 is 2.44 bits per heavy atom. The molecule has 0 heterocycles. The van der Waals surface area contributed by atoms with Crippen molar-refractivity contribution in [3.8, 4) is 0 Å². The molecule has 1 aromatic rings. The molecule has 1 aliphatic rings. The van der Waals surface area contributed by atoms with E-state index in [0.717, 1.165) is 67.3 Å². The predicted molar refractivity (Wildman–Crippen MR) is 112 cm³/mol. The molecular formula is C22H33NO3S. The van der Waals surface area contributed by atoms with Crippen LogP contribution in [0.3, 0.4) is 0 Å². The summed E-state index contributed by atoms with van der Waals surface area (Å²) in [7, 11) is 1.51. The van der Waals surface area contributed by atoms with Crippen molar-refractivity contribution in [2.24, 2.45) is 11.3 Å². The van der Waals surface area contributed by atoms with Gasteiger partial charge in [0.25, 0.3) is 0 Å². The van der Waals surface area contributed by atoms with Crippen LogP contribution in [0.25, 0.3) is 0 Å². The lowest BCUT2D eigenvalue weighted by Crippen LogP contribution is -2.39. The summed E-state index contributed by atoms with van der Waals surface area (Å²) in [5.74, 6) is 0.711. The van der Waals surface area contributed by atoms with Crippen LogP contribution in [0.5, 0.6) is 0 Å². The zero-order valence-corrected chi connectivity index (χ0v) is 17.7. The monoisotopic (exact) mass is 391 g/mol. The van der Waals surface area contributed by atoms with Crippen molar-refractivity contribution >= 4 is 28.5 Å². The molecule has 1 aromatic carbocycles. The molecule has 0 aliphatic heterocycles. The Bertz CT molecular complexity index is 622. The summed E-state index contributed by atoms with van der Waals surface area (Å²) in [6.07, 6.45) is 8.58. The molecule has 0 bridgehead atoms. The number of benzene rings is 1. The lowest BCUT2D eigenvalue weighted by atomic mass is 9.67. The van der Waals surface area contributed by atoms with Gasteiger partial charge in [-0.25, -0.2) is 0 Å². The fraction of sp³-hybridized carbons (Fsp3) is 0.636. The first kappa shape index (κ1) is 22.0. The highest BCUT2D eigenvalue weighted by atomic mass is 32.2. The average Bonchev–Trinajstić information content (AvgIpc) is 2.68. The maximum Gasteiger partial charge on any atom is 0.230 e. The SMILES string of the molecule is CCC(CC)CC1(C(=O)Nc2ccccc2SC(=O)COC)CCCCC1. The minimum Gasteiger partial charge on any atom is -0.376 e. The summed E-state index contributed by atoms with van der Waals surface area (Å²) in [6.45, 7) is 4.50. The molecule has 0 saturated heterocycles. The summed E-state index contributed by atoms with van der Waals surface area (Å²) in [4.78, 5) is 26.1. The van der Waals surface area contributed by atoms with Gasteiger partial charge in [-0.3, -0.25) is 9.59 Å². The molecule has 0 spiro atoms. The molecule has 2 rings (SSSR count). The molecular weight excluding hydrogens is 358 g/mol. The van der Waals surface area contributed by atoms with E-state index in [1.54, 1.807) is 0 Å². The van der Waals surface area contributed by atoms with E-state index >= 15 is 0 Å². The third kappa shape index (κ3) is 6.08. The van der Waals surface area contributed by atoms with Crippen LogP contribution in [0, 0.1) is 11.3 Å². The molecule has 0 radical (unpaired) electrons.